The molecular formula is C31H37F2N3O5. The number of alkyl halides is 2. The average Bonchev–Trinajstić information content (AvgIpc) is 2.89. The SMILES string of the molecule is C=C=C1C(C(N)=O)=C(O)[C@@H](N(C)C)C2CC3Cc4c(CC)cc(CN5CCC(F)(F)CC5)c(O)c4C(=O)C3=C(O)C12. The summed E-state index contributed by atoms with van der Waals surface area (Å²) in [6.45, 7) is 6.24. The Kier molecular flexibility index (Phi) is 7.39. The quantitative estimate of drug-likeness (QED) is 0.396. The summed E-state index contributed by atoms with van der Waals surface area (Å²) < 4.78 is 27.4. The lowest BCUT2D eigenvalue weighted by atomic mass is 9.59. The number of rotatable bonds is 5. The number of fused-ring (bicyclic) bond motifs is 3. The Morgan fingerprint density at radius 1 is 1.20 bits per heavy atom. The summed E-state index contributed by atoms with van der Waals surface area (Å²) in [5, 5.41) is 34.2. The molecule has 3 aliphatic carbocycles. The number of carbonyl (C=O) groups is 2. The number of benzene rings is 1. The Hall–Kier alpha value is -3.46. The Balaban J connectivity index is 1.60. The van der Waals surface area contributed by atoms with Gasteiger partial charge in [-0.2, -0.15) is 0 Å². The lowest BCUT2D eigenvalue weighted by Gasteiger charge is -2.47. The molecule has 5 N–H and O–H groups in total. The second-order valence-electron chi connectivity index (χ2n) is 11.9. The van der Waals surface area contributed by atoms with Gasteiger partial charge in [0.15, 0.2) is 5.78 Å². The van der Waals surface area contributed by atoms with Crippen molar-refractivity contribution in [2.24, 2.45) is 23.5 Å². The topological polar surface area (TPSA) is 127 Å². The van der Waals surface area contributed by atoms with Crippen molar-refractivity contribution in [3.8, 4) is 5.75 Å². The number of carbonyl (C=O) groups excluding carboxylic acids is 2. The first-order chi connectivity index (χ1) is 19.3. The van der Waals surface area contributed by atoms with E-state index in [0.29, 0.717) is 24.8 Å². The molecule has 0 saturated carbocycles. The van der Waals surface area contributed by atoms with Gasteiger partial charge in [-0.3, -0.25) is 19.4 Å². The molecule has 0 bridgehead atoms. The van der Waals surface area contributed by atoms with Crippen molar-refractivity contribution in [1.29, 1.82) is 0 Å². The summed E-state index contributed by atoms with van der Waals surface area (Å²) in [5.41, 5.74) is 10.7. The van der Waals surface area contributed by atoms with Gasteiger partial charge in [0.1, 0.15) is 17.3 Å². The molecule has 4 atom stereocenters. The van der Waals surface area contributed by atoms with Crippen LogP contribution in [0, 0.1) is 17.8 Å². The van der Waals surface area contributed by atoms with Crippen molar-refractivity contribution in [2.75, 3.05) is 27.2 Å². The van der Waals surface area contributed by atoms with Crippen LogP contribution in [0.5, 0.6) is 5.75 Å². The molecule has 220 valence electrons. The van der Waals surface area contributed by atoms with Crippen LogP contribution in [0.25, 0.3) is 0 Å². The molecule has 1 aromatic carbocycles. The molecule has 8 nitrogen and oxygen atoms in total. The van der Waals surface area contributed by atoms with E-state index in [-0.39, 0.29) is 77.9 Å². The van der Waals surface area contributed by atoms with Crippen molar-refractivity contribution in [2.45, 2.75) is 57.5 Å². The summed E-state index contributed by atoms with van der Waals surface area (Å²) in [6.07, 6.45) is 0.908. The number of aliphatic hydroxyl groups excluding tert-OH is 2. The van der Waals surface area contributed by atoms with Crippen LogP contribution in [-0.4, -0.2) is 76.0 Å². The molecule has 4 aliphatic rings. The highest BCUT2D eigenvalue weighted by Crippen LogP contribution is 2.53. The first kappa shape index (κ1) is 29.0. The molecule has 3 unspecified atom stereocenters. The van der Waals surface area contributed by atoms with E-state index in [1.54, 1.807) is 19.0 Å². The fourth-order valence-electron chi connectivity index (χ4n) is 7.44. The van der Waals surface area contributed by atoms with Crippen molar-refractivity contribution >= 4 is 11.7 Å². The average molecular weight is 570 g/mol. The van der Waals surface area contributed by atoms with Crippen LogP contribution in [0.2, 0.25) is 0 Å². The van der Waals surface area contributed by atoms with Gasteiger partial charge in [0.2, 0.25) is 0 Å². The van der Waals surface area contributed by atoms with Crippen molar-refractivity contribution in [3.63, 3.8) is 0 Å². The molecule has 1 amide bonds. The van der Waals surface area contributed by atoms with E-state index < -0.39 is 35.5 Å². The second-order valence-corrected chi connectivity index (χ2v) is 11.9. The number of phenolic OH excluding ortho intramolecular Hbond substituents is 1. The van der Waals surface area contributed by atoms with Gasteiger partial charge in [0.05, 0.1) is 23.1 Å². The Morgan fingerprint density at radius 3 is 2.41 bits per heavy atom. The normalized spacial score (nSPS) is 27.9. The molecule has 10 heteroatoms. The molecule has 1 saturated heterocycles. The number of hydrogen-bond donors (Lipinski definition) is 4. The Labute approximate surface area is 238 Å². The van der Waals surface area contributed by atoms with Gasteiger partial charge in [-0.05, 0) is 56.3 Å². The molecule has 41 heavy (non-hydrogen) atoms. The number of aryl methyl sites for hydroxylation is 1. The van der Waals surface area contributed by atoms with Crippen molar-refractivity contribution in [3.05, 3.63) is 68.9 Å². The van der Waals surface area contributed by atoms with E-state index in [4.69, 9.17) is 5.73 Å². The molecule has 1 aliphatic heterocycles. The standard InChI is InChI=1S/C31H37F2N3O5/c1-5-15-11-17(14-36-9-7-31(32,33)8-10-36)26(37)23-19(15)12-16-13-20-22(27(38)21(16)28(23)39)18(6-2)24(30(34)41)29(40)25(20)35(3)4/h11,16,20,22,25,37-38,40H,2,5,7-10,12-14H2,1,3-4H3,(H2,34,41)/t16?,20?,22?,25-/m0/s1. The van der Waals surface area contributed by atoms with E-state index in [2.05, 4.69) is 12.3 Å². The molecule has 5 rings (SSSR count). The second kappa shape index (κ2) is 10.4. The van der Waals surface area contributed by atoms with E-state index in [9.17, 15) is 33.7 Å². The number of hydrogen-bond acceptors (Lipinski definition) is 7. The minimum absolute atomic E-state index is 0.135. The molecule has 0 aromatic heterocycles. The third kappa shape index (κ3) is 4.68. The first-order valence-electron chi connectivity index (χ1n) is 14.0. The summed E-state index contributed by atoms with van der Waals surface area (Å²) in [7, 11) is 3.52. The monoisotopic (exact) mass is 569 g/mol. The highest BCUT2D eigenvalue weighted by Gasteiger charge is 2.53. The molecule has 1 fully saturated rings. The van der Waals surface area contributed by atoms with Gasteiger partial charge in [-0.25, -0.2) is 8.78 Å². The maximum atomic E-state index is 14.1. The van der Waals surface area contributed by atoms with Gasteiger partial charge < -0.3 is 21.1 Å². The van der Waals surface area contributed by atoms with Crippen LogP contribution in [0.4, 0.5) is 8.78 Å². The van der Waals surface area contributed by atoms with E-state index in [0.717, 1.165) is 11.1 Å². The Morgan fingerprint density at radius 2 is 1.85 bits per heavy atom. The number of aromatic hydroxyl groups is 1. The summed E-state index contributed by atoms with van der Waals surface area (Å²) in [6, 6.07) is 1.22. The fraction of sp³-hybridized carbons (Fsp3) is 0.516. The molecule has 0 radical (unpaired) electrons. The number of nitrogens with two attached hydrogens (primary N) is 1. The van der Waals surface area contributed by atoms with Crippen LogP contribution in [0.1, 0.15) is 53.2 Å². The number of piperidine rings is 1. The summed E-state index contributed by atoms with van der Waals surface area (Å²) in [4.78, 5) is 30.2. The predicted octanol–water partition coefficient (Wildman–Crippen LogP) is 3.94. The maximum Gasteiger partial charge on any atom is 0.253 e. The highest BCUT2D eigenvalue weighted by molar-refractivity contribution is 6.14. The number of likely N-dealkylation sites (tertiary alicyclic amines) is 1. The van der Waals surface area contributed by atoms with Crippen LogP contribution in [0.3, 0.4) is 0 Å². The van der Waals surface area contributed by atoms with Crippen LogP contribution >= 0.6 is 0 Å². The van der Waals surface area contributed by atoms with Gasteiger partial charge in [0, 0.05) is 49.2 Å². The highest BCUT2D eigenvalue weighted by atomic mass is 19.3. The zero-order valence-electron chi connectivity index (χ0n) is 23.6. The minimum atomic E-state index is -2.69. The van der Waals surface area contributed by atoms with Gasteiger partial charge in [0.25, 0.3) is 11.8 Å². The first-order valence-corrected chi connectivity index (χ1v) is 14.0. The molecule has 1 aromatic rings. The molecule has 1 heterocycles. The number of ketones is 1. The lowest BCUT2D eigenvalue weighted by Crippen LogP contribution is -2.50. The van der Waals surface area contributed by atoms with Gasteiger partial charge in [-0.15, -0.1) is 5.73 Å². The van der Waals surface area contributed by atoms with Crippen molar-refractivity contribution in [1.82, 2.24) is 9.80 Å². The molecule has 0 spiro atoms. The predicted molar refractivity (Wildman–Crippen MR) is 149 cm³/mol. The van der Waals surface area contributed by atoms with E-state index in [1.807, 2.05) is 17.9 Å². The van der Waals surface area contributed by atoms with Crippen LogP contribution in [-0.2, 0) is 24.2 Å². The van der Waals surface area contributed by atoms with Crippen molar-refractivity contribution < 1.29 is 33.7 Å². The number of nitrogens with zero attached hydrogens (tertiary/aromatic N) is 2. The maximum absolute atomic E-state index is 14.1. The number of Topliss-reactive ketones (excluding diaryl/α,β-unsaturated/α-hetero) is 1. The molecular weight excluding hydrogens is 532 g/mol. The third-order valence-electron chi connectivity index (χ3n) is 9.34. The van der Waals surface area contributed by atoms with E-state index >= 15 is 0 Å². The van der Waals surface area contributed by atoms with E-state index in [1.165, 1.54) is 0 Å². The zero-order valence-corrected chi connectivity index (χ0v) is 23.6. The number of aliphatic hydroxyl groups is 2. The minimum Gasteiger partial charge on any atom is -0.511 e. The van der Waals surface area contributed by atoms with Gasteiger partial charge in [-0.1, -0.05) is 19.6 Å². The van der Waals surface area contributed by atoms with Crippen LogP contribution in [0.15, 0.2) is 46.6 Å². The number of halogens is 2. The van der Waals surface area contributed by atoms with Gasteiger partial charge >= 0.3 is 0 Å². The Bertz CT molecular complexity index is 1430. The third-order valence-corrected chi connectivity index (χ3v) is 9.34. The van der Waals surface area contributed by atoms with Crippen LogP contribution < -0.4 is 5.73 Å². The lowest BCUT2D eigenvalue weighted by molar-refractivity contribution is -0.114. The number of amides is 1. The zero-order chi connectivity index (χ0) is 30.0. The number of phenols is 1. The fourth-order valence-corrected chi connectivity index (χ4v) is 7.44. The summed E-state index contributed by atoms with van der Waals surface area (Å²) >= 11 is 0. The largest absolute Gasteiger partial charge is 0.511 e. The smallest absolute Gasteiger partial charge is 0.253 e. The number of primary amides is 1. The summed E-state index contributed by atoms with van der Waals surface area (Å²) in [5.74, 6) is -6.32. The number of allylic oxidation sites excluding steroid dienone is 2. The number of likely N-dealkylation sites (N-methyl/N-ethyl adjacent to an activating group) is 1.